The number of carbonyl (C=O) groups is 1. The maximum Gasteiger partial charge on any atom is 0.343 e. The number of para-hydroxylation sites is 1. The lowest BCUT2D eigenvalue weighted by atomic mass is 10.1. The summed E-state index contributed by atoms with van der Waals surface area (Å²) in [6.45, 7) is 0. The monoisotopic (exact) mass is 374 g/mol. The molecule has 0 saturated carbocycles. The van der Waals surface area contributed by atoms with Crippen LogP contribution in [0.4, 0.5) is 0 Å². The van der Waals surface area contributed by atoms with Crippen LogP contribution in [0.3, 0.4) is 0 Å². The third-order valence-electron chi connectivity index (χ3n) is 4.03. The molecule has 0 atom stereocenters. The van der Waals surface area contributed by atoms with E-state index in [1.165, 1.54) is 0 Å². The number of ether oxygens (including phenoxy) is 1. The summed E-state index contributed by atoms with van der Waals surface area (Å²) in [6, 6.07) is 25.8. The van der Waals surface area contributed by atoms with E-state index in [1.54, 1.807) is 47.3 Å². The van der Waals surface area contributed by atoms with Crippen molar-refractivity contribution >= 4 is 17.6 Å². The topological polar surface area (TPSA) is 44.1 Å². The van der Waals surface area contributed by atoms with Crippen molar-refractivity contribution in [2.75, 3.05) is 0 Å². The predicted molar refractivity (Wildman–Crippen MR) is 105 cm³/mol. The lowest BCUT2D eigenvalue weighted by molar-refractivity contribution is 0.0735. The van der Waals surface area contributed by atoms with Crippen molar-refractivity contribution in [2.45, 2.75) is 0 Å². The second kappa shape index (κ2) is 7.48. The molecular weight excluding hydrogens is 360 g/mol. The number of hydrogen-bond donors (Lipinski definition) is 0. The third kappa shape index (κ3) is 3.76. The van der Waals surface area contributed by atoms with Crippen LogP contribution in [-0.4, -0.2) is 15.7 Å². The minimum atomic E-state index is -0.432. The summed E-state index contributed by atoms with van der Waals surface area (Å²) in [5.41, 5.74) is 2.73. The molecule has 4 rings (SSSR count). The first-order valence-electron chi connectivity index (χ1n) is 8.39. The molecule has 0 radical (unpaired) electrons. The number of carbonyl (C=O) groups excluding carboxylic acids is 1. The summed E-state index contributed by atoms with van der Waals surface area (Å²) in [5.74, 6) is -0.0477. The predicted octanol–water partition coefficient (Wildman–Crippen LogP) is 5.41. The fraction of sp³-hybridized carbons (Fsp3) is 0. The fourth-order valence-electron chi connectivity index (χ4n) is 2.69. The van der Waals surface area contributed by atoms with E-state index in [-0.39, 0.29) is 0 Å². The molecule has 0 aliphatic carbocycles. The minimum absolute atomic E-state index is 0.384. The van der Waals surface area contributed by atoms with Crippen LogP contribution in [0.1, 0.15) is 10.4 Å². The van der Waals surface area contributed by atoms with Gasteiger partial charge in [0.1, 0.15) is 5.69 Å². The molecule has 4 aromatic rings. The molecule has 0 N–H and O–H groups in total. The molecule has 0 fully saturated rings. The number of rotatable bonds is 4. The Labute approximate surface area is 161 Å². The van der Waals surface area contributed by atoms with E-state index in [0.29, 0.717) is 22.0 Å². The van der Waals surface area contributed by atoms with Gasteiger partial charge in [0.25, 0.3) is 0 Å². The smallest absolute Gasteiger partial charge is 0.343 e. The van der Waals surface area contributed by atoms with Gasteiger partial charge in [0.05, 0.1) is 17.4 Å². The molecule has 5 heteroatoms. The molecule has 0 amide bonds. The van der Waals surface area contributed by atoms with Crippen LogP contribution < -0.4 is 4.74 Å². The zero-order chi connectivity index (χ0) is 18.6. The average Bonchev–Trinajstić information content (AvgIpc) is 3.13. The number of hydrogen-bond acceptors (Lipinski definition) is 3. The molecular formula is C22H15ClN2O2. The Bertz CT molecular complexity index is 1060. The van der Waals surface area contributed by atoms with Gasteiger partial charge in [-0.05, 0) is 36.4 Å². The highest BCUT2D eigenvalue weighted by atomic mass is 35.5. The van der Waals surface area contributed by atoms with Gasteiger partial charge in [-0.15, -0.1) is 0 Å². The van der Waals surface area contributed by atoms with Crippen molar-refractivity contribution in [1.82, 2.24) is 9.78 Å². The van der Waals surface area contributed by atoms with Gasteiger partial charge < -0.3 is 4.74 Å². The molecule has 1 aromatic heterocycles. The molecule has 0 saturated heterocycles. The molecule has 132 valence electrons. The Morgan fingerprint density at radius 2 is 1.48 bits per heavy atom. The highest BCUT2D eigenvalue weighted by molar-refractivity contribution is 6.30. The summed E-state index contributed by atoms with van der Waals surface area (Å²) < 4.78 is 7.36. The van der Waals surface area contributed by atoms with Crippen LogP contribution in [0.25, 0.3) is 16.9 Å². The molecule has 1 heterocycles. The molecule has 0 bridgehead atoms. The Morgan fingerprint density at radius 3 is 2.15 bits per heavy atom. The van der Waals surface area contributed by atoms with Crippen LogP contribution >= 0.6 is 11.6 Å². The maximum atomic E-state index is 12.5. The molecule has 4 nitrogen and oxygen atoms in total. The SMILES string of the molecule is O=C(Oc1cn(-c2ccccc2)nc1-c1ccc(Cl)cc1)c1ccccc1. The molecule has 0 unspecified atom stereocenters. The van der Waals surface area contributed by atoms with Crippen molar-refractivity contribution in [3.05, 3.63) is 102 Å². The van der Waals surface area contributed by atoms with Gasteiger partial charge in [-0.25, -0.2) is 9.48 Å². The van der Waals surface area contributed by atoms with E-state index in [4.69, 9.17) is 16.3 Å². The number of halogens is 1. The highest BCUT2D eigenvalue weighted by Gasteiger charge is 2.17. The Morgan fingerprint density at radius 1 is 0.852 bits per heavy atom. The van der Waals surface area contributed by atoms with Crippen LogP contribution in [-0.2, 0) is 0 Å². The zero-order valence-corrected chi connectivity index (χ0v) is 15.0. The lowest BCUT2D eigenvalue weighted by Crippen LogP contribution is -2.08. The van der Waals surface area contributed by atoms with E-state index in [9.17, 15) is 4.79 Å². The second-order valence-electron chi connectivity index (χ2n) is 5.88. The van der Waals surface area contributed by atoms with Crippen LogP contribution in [0.2, 0.25) is 5.02 Å². The maximum absolute atomic E-state index is 12.5. The Hall–Kier alpha value is -3.37. The first-order valence-corrected chi connectivity index (χ1v) is 8.77. The molecule has 0 aliphatic rings. The van der Waals surface area contributed by atoms with E-state index in [1.807, 2.05) is 48.5 Å². The Kier molecular flexibility index (Phi) is 4.73. The summed E-state index contributed by atoms with van der Waals surface area (Å²) in [4.78, 5) is 12.5. The second-order valence-corrected chi connectivity index (χ2v) is 6.32. The van der Waals surface area contributed by atoms with E-state index >= 15 is 0 Å². The number of nitrogens with zero attached hydrogens (tertiary/aromatic N) is 2. The molecule has 0 spiro atoms. The molecule has 0 aliphatic heterocycles. The first kappa shape index (κ1) is 17.1. The van der Waals surface area contributed by atoms with Gasteiger partial charge in [0.2, 0.25) is 0 Å². The third-order valence-corrected chi connectivity index (χ3v) is 4.28. The summed E-state index contributed by atoms with van der Waals surface area (Å²) in [7, 11) is 0. The van der Waals surface area contributed by atoms with Crippen LogP contribution in [0.15, 0.2) is 91.1 Å². The van der Waals surface area contributed by atoms with Gasteiger partial charge in [-0.2, -0.15) is 5.10 Å². The number of benzene rings is 3. The van der Waals surface area contributed by atoms with Gasteiger partial charge in [-0.1, -0.05) is 60.1 Å². The van der Waals surface area contributed by atoms with Gasteiger partial charge in [-0.3, -0.25) is 0 Å². The largest absolute Gasteiger partial charge is 0.419 e. The summed E-state index contributed by atoms with van der Waals surface area (Å²) >= 11 is 5.99. The van der Waals surface area contributed by atoms with E-state index < -0.39 is 5.97 Å². The standard InChI is InChI=1S/C22H15ClN2O2/c23-18-13-11-16(12-14-18)21-20(27-22(26)17-7-3-1-4-8-17)15-25(24-21)19-9-5-2-6-10-19/h1-15H. The number of aromatic nitrogens is 2. The zero-order valence-electron chi connectivity index (χ0n) is 14.2. The van der Waals surface area contributed by atoms with Gasteiger partial charge >= 0.3 is 5.97 Å². The van der Waals surface area contributed by atoms with E-state index in [0.717, 1.165) is 11.3 Å². The molecule has 27 heavy (non-hydrogen) atoms. The number of esters is 1. The van der Waals surface area contributed by atoms with Gasteiger partial charge in [0, 0.05) is 10.6 Å². The van der Waals surface area contributed by atoms with Crippen LogP contribution in [0.5, 0.6) is 5.75 Å². The quantitative estimate of drug-likeness (QED) is 0.448. The van der Waals surface area contributed by atoms with Crippen molar-refractivity contribution in [2.24, 2.45) is 0 Å². The normalized spacial score (nSPS) is 10.6. The first-order chi connectivity index (χ1) is 13.2. The minimum Gasteiger partial charge on any atom is -0.419 e. The van der Waals surface area contributed by atoms with Crippen molar-refractivity contribution < 1.29 is 9.53 Å². The fourth-order valence-corrected chi connectivity index (χ4v) is 2.81. The highest BCUT2D eigenvalue weighted by Crippen LogP contribution is 2.31. The van der Waals surface area contributed by atoms with Crippen molar-refractivity contribution in [1.29, 1.82) is 0 Å². The van der Waals surface area contributed by atoms with Gasteiger partial charge in [0.15, 0.2) is 5.75 Å². The van der Waals surface area contributed by atoms with Crippen molar-refractivity contribution in [3.63, 3.8) is 0 Å². The van der Waals surface area contributed by atoms with Crippen molar-refractivity contribution in [3.8, 4) is 22.7 Å². The summed E-state index contributed by atoms with van der Waals surface area (Å²) in [5, 5.41) is 5.25. The average molecular weight is 375 g/mol. The summed E-state index contributed by atoms with van der Waals surface area (Å²) in [6.07, 6.45) is 1.71. The van der Waals surface area contributed by atoms with Crippen LogP contribution in [0, 0.1) is 0 Å². The lowest BCUT2D eigenvalue weighted by Gasteiger charge is -2.04. The molecule has 3 aromatic carbocycles. The Balaban J connectivity index is 1.75. The van der Waals surface area contributed by atoms with E-state index in [2.05, 4.69) is 5.10 Å².